The van der Waals surface area contributed by atoms with Crippen LogP contribution in [0.15, 0.2) is 0 Å². The zero-order chi connectivity index (χ0) is 14.6. The average Bonchev–Trinajstić information content (AvgIpc) is 2.43. The number of amides is 2. The van der Waals surface area contributed by atoms with Crippen LogP contribution in [-0.4, -0.2) is 47.3 Å². The topological polar surface area (TPSA) is 40.6 Å². The third kappa shape index (κ3) is 3.71. The zero-order valence-electron chi connectivity index (χ0n) is 13.0. The van der Waals surface area contributed by atoms with Gasteiger partial charge in [-0.05, 0) is 19.8 Å². The number of rotatable bonds is 4. The third-order valence-corrected chi connectivity index (χ3v) is 4.29. The molecule has 3 atom stereocenters. The minimum Gasteiger partial charge on any atom is -0.339 e. The lowest BCUT2D eigenvalue weighted by atomic mass is 10.0. The smallest absolute Gasteiger partial charge is 0.225 e. The molecule has 0 spiro atoms. The molecule has 19 heavy (non-hydrogen) atoms. The quantitative estimate of drug-likeness (QED) is 0.784. The van der Waals surface area contributed by atoms with Gasteiger partial charge in [-0.25, -0.2) is 0 Å². The summed E-state index contributed by atoms with van der Waals surface area (Å²) in [7, 11) is 0. The summed E-state index contributed by atoms with van der Waals surface area (Å²) in [5, 5.41) is 0. The van der Waals surface area contributed by atoms with E-state index >= 15 is 0 Å². The second-order valence-electron chi connectivity index (χ2n) is 5.78. The molecule has 0 aromatic rings. The van der Waals surface area contributed by atoms with E-state index in [-0.39, 0.29) is 29.7 Å². The van der Waals surface area contributed by atoms with E-state index in [1.807, 2.05) is 44.4 Å². The maximum Gasteiger partial charge on any atom is 0.225 e. The highest BCUT2D eigenvalue weighted by molar-refractivity contribution is 5.81. The van der Waals surface area contributed by atoms with Crippen molar-refractivity contribution >= 4 is 11.8 Å². The second-order valence-corrected chi connectivity index (χ2v) is 5.78. The SMILES string of the molecule is CCC(C)C(=O)N1CCN(C(=O)C(C)CC)[C@@H](C)C1. The van der Waals surface area contributed by atoms with Crippen LogP contribution >= 0.6 is 0 Å². The van der Waals surface area contributed by atoms with Gasteiger partial charge in [-0.15, -0.1) is 0 Å². The van der Waals surface area contributed by atoms with E-state index in [0.29, 0.717) is 19.6 Å². The Hall–Kier alpha value is -1.06. The molecule has 0 aliphatic carbocycles. The highest BCUT2D eigenvalue weighted by atomic mass is 16.2. The fourth-order valence-electron chi connectivity index (χ4n) is 2.43. The molecule has 0 N–H and O–H groups in total. The molecule has 0 bridgehead atoms. The van der Waals surface area contributed by atoms with E-state index in [0.717, 1.165) is 12.8 Å². The van der Waals surface area contributed by atoms with Crippen LogP contribution in [0.25, 0.3) is 0 Å². The fourth-order valence-corrected chi connectivity index (χ4v) is 2.43. The van der Waals surface area contributed by atoms with Crippen molar-refractivity contribution < 1.29 is 9.59 Å². The Bertz CT molecular complexity index is 330. The fraction of sp³-hybridized carbons (Fsp3) is 0.867. The Labute approximate surface area is 117 Å². The third-order valence-electron chi connectivity index (χ3n) is 4.29. The number of hydrogen-bond donors (Lipinski definition) is 0. The van der Waals surface area contributed by atoms with Gasteiger partial charge in [-0.2, -0.15) is 0 Å². The van der Waals surface area contributed by atoms with Gasteiger partial charge in [0.2, 0.25) is 11.8 Å². The summed E-state index contributed by atoms with van der Waals surface area (Å²) in [5.41, 5.74) is 0. The predicted molar refractivity (Wildman–Crippen MR) is 76.7 cm³/mol. The summed E-state index contributed by atoms with van der Waals surface area (Å²) < 4.78 is 0. The number of nitrogens with zero attached hydrogens (tertiary/aromatic N) is 2. The average molecular weight is 268 g/mol. The summed E-state index contributed by atoms with van der Waals surface area (Å²) in [5.74, 6) is 0.624. The van der Waals surface area contributed by atoms with E-state index in [9.17, 15) is 9.59 Å². The molecule has 2 unspecified atom stereocenters. The van der Waals surface area contributed by atoms with Crippen LogP contribution in [-0.2, 0) is 9.59 Å². The predicted octanol–water partition coefficient (Wildman–Crippen LogP) is 2.14. The highest BCUT2D eigenvalue weighted by Gasteiger charge is 2.32. The summed E-state index contributed by atoms with van der Waals surface area (Å²) in [6.45, 7) is 12.1. The highest BCUT2D eigenvalue weighted by Crippen LogP contribution is 2.17. The number of carbonyl (C=O) groups is 2. The van der Waals surface area contributed by atoms with Crippen molar-refractivity contribution in [1.82, 2.24) is 9.80 Å². The van der Waals surface area contributed by atoms with Gasteiger partial charge in [0.15, 0.2) is 0 Å². The Morgan fingerprint density at radius 2 is 1.58 bits per heavy atom. The first kappa shape index (κ1) is 16.0. The first-order valence-corrected chi connectivity index (χ1v) is 7.51. The summed E-state index contributed by atoms with van der Waals surface area (Å²) in [6.07, 6.45) is 1.75. The van der Waals surface area contributed by atoms with Gasteiger partial charge < -0.3 is 9.80 Å². The van der Waals surface area contributed by atoms with Gasteiger partial charge >= 0.3 is 0 Å². The molecule has 1 heterocycles. The van der Waals surface area contributed by atoms with Crippen LogP contribution < -0.4 is 0 Å². The Morgan fingerprint density at radius 3 is 2.05 bits per heavy atom. The molecule has 0 aromatic heterocycles. The Kier molecular flexibility index (Phi) is 5.83. The van der Waals surface area contributed by atoms with Gasteiger partial charge in [0.25, 0.3) is 0 Å². The molecule has 0 radical (unpaired) electrons. The molecular formula is C15H28N2O2. The van der Waals surface area contributed by atoms with Gasteiger partial charge in [-0.1, -0.05) is 27.7 Å². The van der Waals surface area contributed by atoms with Crippen molar-refractivity contribution in [2.75, 3.05) is 19.6 Å². The molecule has 0 saturated carbocycles. The van der Waals surface area contributed by atoms with E-state index in [2.05, 4.69) is 0 Å². The van der Waals surface area contributed by atoms with E-state index in [1.165, 1.54) is 0 Å². The molecule has 1 saturated heterocycles. The van der Waals surface area contributed by atoms with Crippen LogP contribution in [0.3, 0.4) is 0 Å². The summed E-state index contributed by atoms with van der Waals surface area (Å²) in [6, 6.07) is 0.128. The largest absolute Gasteiger partial charge is 0.339 e. The molecule has 1 aliphatic heterocycles. The van der Waals surface area contributed by atoms with Crippen LogP contribution in [0, 0.1) is 11.8 Å². The van der Waals surface area contributed by atoms with Gasteiger partial charge in [0.1, 0.15) is 0 Å². The molecule has 4 heteroatoms. The monoisotopic (exact) mass is 268 g/mol. The molecule has 1 fully saturated rings. The summed E-state index contributed by atoms with van der Waals surface area (Å²) >= 11 is 0. The normalized spacial score (nSPS) is 23.1. The van der Waals surface area contributed by atoms with Crippen molar-refractivity contribution in [1.29, 1.82) is 0 Å². The molecule has 2 amide bonds. The van der Waals surface area contributed by atoms with Crippen molar-refractivity contribution in [3.05, 3.63) is 0 Å². The zero-order valence-corrected chi connectivity index (χ0v) is 13.0. The molecule has 0 aromatic carbocycles. The van der Waals surface area contributed by atoms with Crippen LogP contribution in [0.4, 0.5) is 0 Å². The summed E-state index contributed by atoms with van der Waals surface area (Å²) in [4.78, 5) is 28.2. The molecule has 4 nitrogen and oxygen atoms in total. The van der Waals surface area contributed by atoms with Crippen molar-refractivity contribution in [2.24, 2.45) is 11.8 Å². The van der Waals surface area contributed by atoms with Crippen LogP contribution in [0.5, 0.6) is 0 Å². The van der Waals surface area contributed by atoms with Gasteiger partial charge in [0, 0.05) is 37.5 Å². The number of piperazine rings is 1. The lowest BCUT2D eigenvalue weighted by molar-refractivity contribution is -0.146. The molecule has 110 valence electrons. The maximum atomic E-state index is 12.2. The van der Waals surface area contributed by atoms with Crippen molar-refractivity contribution in [3.8, 4) is 0 Å². The van der Waals surface area contributed by atoms with Crippen molar-refractivity contribution in [2.45, 2.75) is 53.5 Å². The standard InChI is InChI=1S/C15H28N2O2/c1-6-11(3)14(18)16-8-9-17(13(5)10-16)15(19)12(4)7-2/h11-13H,6-10H2,1-5H3/t11?,12?,13-/m0/s1. The first-order chi connectivity index (χ1) is 8.92. The maximum absolute atomic E-state index is 12.2. The van der Waals surface area contributed by atoms with Crippen molar-refractivity contribution in [3.63, 3.8) is 0 Å². The van der Waals surface area contributed by atoms with Crippen LogP contribution in [0.1, 0.15) is 47.5 Å². The van der Waals surface area contributed by atoms with Gasteiger partial charge in [-0.3, -0.25) is 9.59 Å². The van der Waals surface area contributed by atoms with E-state index in [4.69, 9.17) is 0 Å². The lowest BCUT2D eigenvalue weighted by Crippen LogP contribution is -2.57. The Morgan fingerprint density at radius 1 is 1.05 bits per heavy atom. The second kappa shape index (κ2) is 6.92. The van der Waals surface area contributed by atoms with E-state index in [1.54, 1.807) is 0 Å². The number of hydrogen-bond acceptors (Lipinski definition) is 2. The van der Waals surface area contributed by atoms with Crippen LogP contribution in [0.2, 0.25) is 0 Å². The molecular weight excluding hydrogens is 240 g/mol. The van der Waals surface area contributed by atoms with E-state index < -0.39 is 0 Å². The minimum absolute atomic E-state index is 0.0827. The Balaban J connectivity index is 2.61. The number of carbonyl (C=O) groups excluding carboxylic acids is 2. The molecule has 1 rings (SSSR count). The van der Waals surface area contributed by atoms with Gasteiger partial charge in [0.05, 0.1) is 0 Å². The minimum atomic E-state index is 0.0827. The lowest BCUT2D eigenvalue weighted by Gasteiger charge is -2.41. The first-order valence-electron chi connectivity index (χ1n) is 7.51. The molecule has 1 aliphatic rings.